The van der Waals surface area contributed by atoms with Crippen molar-refractivity contribution in [2.24, 2.45) is 4.99 Å². The highest BCUT2D eigenvalue weighted by Gasteiger charge is 2.48. The average Bonchev–Trinajstić information content (AvgIpc) is 2.89. The number of nitrogens with one attached hydrogen (secondary N) is 1. The Morgan fingerprint density at radius 1 is 1.26 bits per heavy atom. The molecule has 3 amide bonds. The largest absolute Gasteiger partial charge is 0.396 e. The van der Waals surface area contributed by atoms with E-state index in [1.165, 1.54) is 11.3 Å². The fourth-order valence-corrected chi connectivity index (χ4v) is 3.80. The molecule has 0 aliphatic carbocycles. The molecule has 2 atom stereocenters. The first-order valence-corrected chi connectivity index (χ1v) is 9.24. The predicted octanol–water partition coefficient (Wildman–Crippen LogP) is 1.23. The van der Waals surface area contributed by atoms with Crippen molar-refractivity contribution >= 4 is 28.9 Å². The number of fused-ring (bicyclic) bond motifs is 1. The highest BCUT2D eigenvalue weighted by Crippen LogP contribution is 2.29. The first-order valence-electron chi connectivity index (χ1n) is 8.26. The molecule has 0 spiro atoms. The van der Waals surface area contributed by atoms with Crippen molar-refractivity contribution in [2.45, 2.75) is 51.2 Å². The molecule has 0 aromatic carbocycles. The van der Waals surface area contributed by atoms with Crippen molar-refractivity contribution in [3.63, 3.8) is 0 Å². The smallest absolute Gasteiger partial charge is 0.325 e. The number of carbonyl (C=O) groups is 2. The Bertz CT molecular complexity index is 472. The molecule has 2 rings (SSSR count). The number of amides is 3. The molecule has 0 saturated carbocycles. The van der Waals surface area contributed by atoms with E-state index in [0.717, 1.165) is 36.7 Å². The fraction of sp³-hybridized carbons (Fsp3) is 0.800. The maximum Gasteiger partial charge on any atom is 0.325 e. The lowest BCUT2D eigenvalue weighted by atomic mass is 10.1. The Labute approximate surface area is 141 Å². The van der Waals surface area contributed by atoms with Crippen molar-refractivity contribution in [3.05, 3.63) is 0 Å². The van der Waals surface area contributed by atoms with Gasteiger partial charge in [0, 0.05) is 26.0 Å². The van der Waals surface area contributed by atoms with Crippen LogP contribution < -0.4 is 5.32 Å². The maximum absolute atomic E-state index is 12.3. The lowest BCUT2D eigenvalue weighted by molar-refractivity contribution is -0.127. The van der Waals surface area contributed by atoms with Gasteiger partial charge >= 0.3 is 6.03 Å². The second kappa shape index (κ2) is 8.54. The molecule has 0 aromatic heterocycles. The number of thioether (sulfide) groups is 1. The average molecular weight is 342 g/mol. The number of hydrogen-bond donors (Lipinski definition) is 2. The number of nitrogens with zero attached hydrogens (tertiary/aromatic N) is 3. The van der Waals surface area contributed by atoms with Crippen LogP contribution in [0.5, 0.6) is 0 Å². The van der Waals surface area contributed by atoms with Gasteiger partial charge in [0.2, 0.25) is 0 Å². The monoisotopic (exact) mass is 342 g/mol. The number of aliphatic hydroxyl groups excluding tert-OH is 1. The van der Waals surface area contributed by atoms with Crippen LogP contribution in [0.2, 0.25) is 0 Å². The third-order valence-electron chi connectivity index (χ3n) is 4.11. The van der Waals surface area contributed by atoms with Crippen LogP contribution in [-0.4, -0.2) is 70.2 Å². The van der Waals surface area contributed by atoms with Gasteiger partial charge in [-0.3, -0.25) is 10.1 Å². The van der Waals surface area contributed by atoms with Gasteiger partial charge in [-0.25, -0.2) is 9.79 Å². The first kappa shape index (κ1) is 18.1. The molecule has 2 N–H and O–H groups in total. The number of carbonyl (C=O) groups excluding carboxylic acids is 2. The standard InChI is InChI=1S/C15H26N4O3S/c1-3-4-5-6-8-19-11-12(16-15(19)23-10-7-9-20)18(2)14(22)17-13(11)21/h11-12,20H,3-10H2,1-2H3,(H,17,21,22). The van der Waals surface area contributed by atoms with Gasteiger partial charge in [-0.1, -0.05) is 37.9 Å². The molecule has 2 aliphatic rings. The molecule has 23 heavy (non-hydrogen) atoms. The molecule has 2 unspecified atom stereocenters. The number of urea groups is 1. The van der Waals surface area contributed by atoms with Gasteiger partial charge in [0.25, 0.3) is 5.91 Å². The molecule has 8 heteroatoms. The molecule has 1 fully saturated rings. The summed E-state index contributed by atoms with van der Waals surface area (Å²) in [6.45, 7) is 3.07. The summed E-state index contributed by atoms with van der Waals surface area (Å²) >= 11 is 1.55. The summed E-state index contributed by atoms with van der Waals surface area (Å²) in [5.74, 6) is 0.481. The van der Waals surface area contributed by atoms with Gasteiger partial charge < -0.3 is 14.9 Å². The van der Waals surface area contributed by atoms with Crippen molar-refractivity contribution in [2.75, 3.05) is 26.0 Å². The van der Waals surface area contributed by atoms with Gasteiger partial charge in [-0.2, -0.15) is 0 Å². The third kappa shape index (κ3) is 4.17. The lowest BCUT2D eigenvalue weighted by Crippen LogP contribution is -2.63. The maximum atomic E-state index is 12.3. The minimum Gasteiger partial charge on any atom is -0.396 e. The summed E-state index contributed by atoms with van der Waals surface area (Å²) in [7, 11) is 1.67. The number of rotatable bonds is 8. The Morgan fingerprint density at radius 3 is 2.74 bits per heavy atom. The number of likely N-dealkylation sites (N-methyl/N-ethyl adjacent to an activating group) is 1. The molecule has 0 bridgehead atoms. The second-order valence-electron chi connectivity index (χ2n) is 5.86. The fourth-order valence-electron chi connectivity index (χ4n) is 2.79. The summed E-state index contributed by atoms with van der Waals surface area (Å²) in [6, 6.07) is -0.830. The minimum absolute atomic E-state index is 0.141. The van der Waals surface area contributed by atoms with Crippen LogP contribution in [0.3, 0.4) is 0 Å². The van der Waals surface area contributed by atoms with Crippen LogP contribution in [0.1, 0.15) is 39.0 Å². The van der Waals surface area contributed by atoms with Crippen LogP contribution >= 0.6 is 11.8 Å². The molecular weight excluding hydrogens is 316 g/mol. The number of amidine groups is 1. The Balaban J connectivity index is 2.08. The van der Waals surface area contributed by atoms with Crippen molar-refractivity contribution < 1.29 is 14.7 Å². The van der Waals surface area contributed by atoms with E-state index in [1.807, 2.05) is 4.90 Å². The quantitative estimate of drug-likeness (QED) is 0.648. The second-order valence-corrected chi connectivity index (χ2v) is 6.92. The van der Waals surface area contributed by atoms with Gasteiger partial charge in [0.15, 0.2) is 17.4 Å². The van der Waals surface area contributed by atoms with E-state index >= 15 is 0 Å². The van der Waals surface area contributed by atoms with Gasteiger partial charge in [0.05, 0.1) is 0 Å². The summed E-state index contributed by atoms with van der Waals surface area (Å²) in [5, 5.41) is 12.2. The first-order chi connectivity index (χ1) is 11.1. The number of aliphatic imine (C=N–C) groups is 1. The topological polar surface area (TPSA) is 85.2 Å². The van der Waals surface area contributed by atoms with E-state index in [-0.39, 0.29) is 12.5 Å². The number of unbranched alkanes of at least 4 members (excludes halogenated alkanes) is 3. The molecule has 0 radical (unpaired) electrons. The molecule has 2 heterocycles. The van der Waals surface area contributed by atoms with Crippen LogP contribution in [0.4, 0.5) is 4.79 Å². The van der Waals surface area contributed by atoms with Crippen LogP contribution in [0.25, 0.3) is 0 Å². The van der Waals surface area contributed by atoms with E-state index < -0.39 is 18.2 Å². The highest BCUT2D eigenvalue weighted by atomic mass is 32.2. The summed E-state index contributed by atoms with van der Waals surface area (Å²) in [6.07, 6.45) is 4.70. The molecule has 130 valence electrons. The van der Waals surface area contributed by atoms with E-state index in [9.17, 15) is 9.59 Å². The van der Waals surface area contributed by atoms with E-state index in [2.05, 4.69) is 17.2 Å². The van der Waals surface area contributed by atoms with Crippen LogP contribution in [-0.2, 0) is 4.79 Å². The van der Waals surface area contributed by atoms with Crippen LogP contribution in [0.15, 0.2) is 4.99 Å². The van der Waals surface area contributed by atoms with E-state index in [4.69, 9.17) is 5.11 Å². The minimum atomic E-state index is -0.445. The van der Waals surface area contributed by atoms with Gasteiger partial charge in [-0.15, -0.1) is 0 Å². The Kier molecular flexibility index (Phi) is 6.71. The van der Waals surface area contributed by atoms with E-state index in [0.29, 0.717) is 6.42 Å². The highest BCUT2D eigenvalue weighted by molar-refractivity contribution is 8.13. The number of hydrogen-bond acceptors (Lipinski definition) is 6. The summed E-state index contributed by atoms with van der Waals surface area (Å²) in [4.78, 5) is 32.2. The summed E-state index contributed by atoms with van der Waals surface area (Å²) < 4.78 is 0. The zero-order valence-corrected chi connectivity index (χ0v) is 14.6. The molecule has 2 aliphatic heterocycles. The zero-order chi connectivity index (χ0) is 16.8. The molecular formula is C15H26N4O3S. The summed E-state index contributed by atoms with van der Waals surface area (Å²) in [5.41, 5.74) is 0. The van der Waals surface area contributed by atoms with E-state index in [1.54, 1.807) is 18.8 Å². The number of aliphatic hydroxyl groups is 1. The van der Waals surface area contributed by atoms with Crippen LogP contribution in [0, 0.1) is 0 Å². The van der Waals surface area contributed by atoms with Crippen molar-refractivity contribution in [1.29, 1.82) is 0 Å². The number of imide groups is 1. The molecule has 0 aromatic rings. The Morgan fingerprint density at radius 2 is 2.04 bits per heavy atom. The SMILES string of the molecule is CCCCCCN1C(SCCCO)=NC2C1C(=O)NC(=O)N2C. The van der Waals surface area contributed by atoms with Crippen molar-refractivity contribution in [1.82, 2.24) is 15.1 Å². The normalized spacial score (nSPS) is 23.9. The lowest BCUT2D eigenvalue weighted by Gasteiger charge is -2.36. The molecule has 7 nitrogen and oxygen atoms in total. The zero-order valence-electron chi connectivity index (χ0n) is 13.8. The van der Waals surface area contributed by atoms with Gasteiger partial charge in [0.1, 0.15) is 0 Å². The Hall–Kier alpha value is -1.28. The van der Waals surface area contributed by atoms with Crippen molar-refractivity contribution in [3.8, 4) is 0 Å². The predicted molar refractivity (Wildman–Crippen MR) is 91.3 cm³/mol. The third-order valence-corrected chi connectivity index (χ3v) is 5.20. The van der Waals surface area contributed by atoms with Gasteiger partial charge in [-0.05, 0) is 12.8 Å². The molecule has 1 saturated heterocycles.